The van der Waals surface area contributed by atoms with Gasteiger partial charge in [0.05, 0.1) is 21.2 Å². The lowest BCUT2D eigenvalue weighted by atomic mass is 10.1. The number of nitriles is 1. The predicted octanol–water partition coefficient (Wildman–Crippen LogP) is 3.32. The summed E-state index contributed by atoms with van der Waals surface area (Å²) in [5.41, 5.74) is 0.153. The minimum Gasteiger partial charge on any atom is -0.223 e. The molecule has 0 aliphatic rings. The van der Waals surface area contributed by atoms with Crippen molar-refractivity contribution in [3.63, 3.8) is 0 Å². The maximum absolute atomic E-state index is 13.2. The van der Waals surface area contributed by atoms with Crippen LogP contribution in [0.5, 0.6) is 0 Å². The zero-order chi connectivity index (χ0) is 14.8. The van der Waals surface area contributed by atoms with Crippen LogP contribution >= 0.6 is 11.6 Å². The minimum atomic E-state index is -3.65. The highest BCUT2D eigenvalue weighted by molar-refractivity contribution is 7.90. The summed E-state index contributed by atoms with van der Waals surface area (Å²) < 4.78 is 37.7. The molecular formula is C14H9ClFNO2S. The first-order valence-corrected chi connectivity index (χ1v) is 7.63. The van der Waals surface area contributed by atoms with Crippen molar-refractivity contribution in [2.75, 3.05) is 0 Å². The summed E-state index contributed by atoms with van der Waals surface area (Å²) in [5.74, 6) is -1.02. The number of nitrogens with zero attached hydrogens (tertiary/aromatic N) is 1. The Morgan fingerprint density at radius 3 is 2.55 bits per heavy atom. The summed E-state index contributed by atoms with van der Waals surface area (Å²) >= 11 is 5.87. The Labute approximate surface area is 121 Å². The van der Waals surface area contributed by atoms with Crippen LogP contribution in [-0.2, 0) is 15.6 Å². The van der Waals surface area contributed by atoms with Gasteiger partial charge in [0.15, 0.2) is 9.84 Å². The highest BCUT2D eigenvalue weighted by atomic mass is 35.5. The lowest BCUT2D eigenvalue weighted by Crippen LogP contribution is -2.06. The Morgan fingerprint density at radius 2 is 1.90 bits per heavy atom. The zero-order valence-corrected chi connectivity index (χ0v) is 11.7. The SMILES string of the molecule is N#Cc1cc(CS(=O)(=O)c2ccccc2Cl)ccc1F. The van der Waals surface area contributed by atoms with Crippen LogP contribution < -0.4 is 0 Å². The standard InChI is InChI=1S/C14H9ClFNO2S/c15-12-3-1-2-4-14(12)20(18,19)9-10-5-6-13(16)11(7-10)8-17/h1-7H,9H2. The topological polar surface area (TPSA) is 57.9 Å². The first kappa shape index (κ1) is 14.5. The molecule has 0 atom stereocenters. The maximum Gasteiger partial charge on any atom is 0.183 e. The molecule has 6 heteroatoms. The third-order valence-corrected chi connectivity index (χ3v) is 4.86. The van der Waals surface area contributed by atoms with Crippen molar-refractivity contribution in [3.8, 4) is 6.07 Å². The second kappa shape index (κ2) is 5.61. The van der Waals surface area contributed by atoms with Crippen LogP contribution in [-0.4, -0.2) is 8.42 Å². The number of halogens is 2. The summed E-state index contributed by atoms with van der Waals surface area (Å²) in [7, 11) is -3.65. The zero-order valence-electron chi connectivity index (χ0n) is 10.2. The van der Waals surface area contributed by atoms with Gasteiger partial charge in [-0.2, -0.15) is 5.26 Å². The van der Waals surface area contributed by atoms with E-state index in [9.17, 15) is 12.8 Å². The largest absolute Gasteiger partial charge is 0.223 e. The minimum absolute atomic E-state index is 0.0181. The highest BCUT2D eigenvalue weighted by Crippen LogP contribution is 2.24. The number of rotatable bonds is 3. The van der Waals surface area contributed by atoms with Crippen molar-refractivity contribution in [3.05, 3.63) is 64.4 Å². The molecule has 20 heavy (non-hydrogen) atoms. The molecule has 0 aromatic heterocycles. The summed E-state index contributed by atoms with van der Waals surface area (Å²) in [6, 6.07) is 11.4. The van der Waals surface area contributed by atoms with Gasteiger partial charge in [-0.3, -0.25) is 0 Å². The van der Waals surface area contributed by atoms with Gasteiger partial charge in [0.1, 0.15) is 11.9 Å². The molecule has 102 valence electrons. The Kier molecular flexibility index (Phi) is 4.07. The van der Waals surface area contributed by atoms with Gasteiger partial charge in [0.2, 0.25) is 0 Å². The first-order chi connectivity index (χ1) is 9.44. The third kappa shape index (κ3) is 2.98. The predicted molar refractivity (Wildman–Crippen MR) is 73.5 cm³/mol. The van der Waals surface area contributed by atoms with E-state index in [1.807, 2.05) is 0 Å². The van der Waals surface area contributed by atoms with E-state index in [0.717, 1.165) is 6.07 Å². The van der Waals surface area contributed by atoms with Gasteiger partial charge in [0, 0.05) is 0 Å². The average molecular weight is 310 g/mol. The first-order valence-electron chi connectivity index (χ1n) is 5.60. The molecule has 0 bridgehead atoms. The van der Waals surface area contributed by atoms with Gasteiger partial charge in [-0.05, 0) is 29.8 Å². The quantitative estimate of drug-likeness (QED) is 0.874. The average Bonchev–Trinajstić information content (AvgIpc) is 2.41. The molecule has 0 unspecified atom stereocenters. The number of hydrogen-bond acceptors (Lipinski definition) is 3. The molecule has 0 N–H and O–H groups in total. The number of benzene rings is 2. The maximum atomic E-state index is 13.2. The lowest BCUT2D eigenvalue weighted by Gasteiger charge is -2.07. The van der Waals surface area contributed by atoms with Gasteiger partial charge in [0.25, 0.3) is 0 Å². The van der Waals surface area contributed by atoms with Crippen molar-refractivity contribution in [1.29, 1.82) is 5.26 Å². The van der Waals surface area contributed by atoms with Gasteiger partial charge < -0.3 is 0 Å². The highest BCUT2D eigenvalue weighted by Gasteiger charge is 2.19. The lowest BCUT2D eigenvalue weighted by molar-refractivity contribution is 0.594. The molecule has 0 saturated heterocycles. The fourth-order valence-electron chi connectivity index (χ4n) is 1.74. The van der Waals surface area contributed by atoms with E-state index in [1.165, 1.54) is 24.3 Å². The van der Waals surface area contributed by atoms with Crippen LogP contribution in [0.25, 0.3) is 0 Å². The van der Waals surface area contributed by atoms with E-state index < -0.39 is 15.7 Å². The fourth-order valence-corrected chi connectivity index (χ4v) is 3.66. The summed E-state index contributed by atoms with van der Waals surface area (Å²) in [4.78, 5) is 0.0181. The monoisotopic (exact) mass is 309 g/mol. The summed E-state index contributed by atoms with van der Waals surface area (Å²) in [5, 5.41) is 8.88. The van der Waals surface area contributed by atoms with Gasteiger partial charge in [-0.25, -0.2) is 12.8 Å². The molecule has 2 rings (SSSR count). The van der Waals surface area contributed by atoms with E-state index in [0.29, 0.717) is 5.56 Å². The normalized spacial score (nSPS) is 11.1. The molecule has 0 saturated carbocycles. The van der Waals surface area contributed by atoms with Crippen LogP contribution in [0.3, 0.4) is 0 Å². The summed E-state index contributed by atoms with van der Waals surface area (Å²) in [6.45, 7) is 0. The molecule has 0 heterocycles. The fraction of sp³-hybridized carbons (Fsp3) is 0.0714. The Balaban J connectivity index is 2.39. The van der Waals surface area contributed by atoms with Crippen LogP contribution in [0.15, 0.2) is 47.4 Å². The molecule has 2 aromatic rings. The number of hydrogen-bond donors (Lipinski definition) is 0. The van der Waals surface area contributed by atoms with Crippen molar-refractivity contribution in [2.45, 2.75) is 10.6 Å². The molecule has 0 amide bonds. The smallest absolute Gasteiger partial charge is 0.183 e. The molecule has 0 spiro atoms. The summed E-state index contributed by atoms with van der Waals surface area (Å²) in [6.07, 6.45) is 0. The van der Waals surface area contributed by atoms with E-state index in [4.69, 9.17) is 16.9 Å². The molecule has 2 aromatic carbocycles. The van der Waals surface area contributed by atoms with Crippen molar-refractivity contribution in [1.82, 2.24) is 0 Å². The molecular weight excluding hydrogens is 301 g/mol. The van der Waals surface area contributed by atoms with Crippen molar-refractivity contribution < 1.29 is 12.8 Å². The Bertz CT molecular complexity index is 797. The van der Waals surface area contributed by atoms with Gasteiger partial charge in [-0.15, -0.1) is 0 Å². The van der Waals surface area contributed by atoms with E-state index in [-0.39, 0.29) is 21.2 Å². The molecule has 0 radical (unpaired) electrons. The van der Waals surface area contributed by atoms with Crippen LogP contribution in [0.2, 0.25) is 5.02 Å². The van der Waals surface area contributed by atoms with E-state index >= 15 is 0 Å². The molecule has 3 nitrogen and oxygen atoms in total. The van der Waals surface area contributed by atoms with Crippen LogP contribution in [0.4, 0.5) is 4.39 Å². The van der Waals surface area contributed by atoms with Crippen molar-refractivity contribution >= 4 is 21.4 Å². The molecule has 0 aliphatic heterocycles. The number of sulfone groups is 1. The van der Waals surface area contributed by atoms with Gasteiger partial charge in [-0.1, -0.05) is 29.8 Å². The van der Waals surface area contributed by atoms with Crippen LogP contribution in [0, 0.1) is 17.1 Å². The van der Waals surface area contributed by atoms with E-state index in [1.54, 1.807) is 18.2 Å². The van der Waals surface area contributed by atoms with E-state index in [2.05, 4.69) is 0 Å². The molecule has 0 aliphatic carbocycles. The third-order valence-electron chi connectivity index (χ3n) is 2.68. The second-order valence-corrected chi connectivity index (χ2v) is 6.48. The van der Waals surface area contributed by atoms with Gasteiger partial charge >= 0.3 is 0 Å². The second-order valence-electron chi connectivity index (χ2n) is 4.12. The van der Waals surface area contributed by atoms with Crippen LogP contribution in [0.1, 0.15) is 11.1 Å². The molecule has 0 fully saturated rings. The van der Waals surface area contributed by atoms with Crippen molar-refractivity contribution in [2.24, 2.45) is 0 Å². The Morgan fingerprint density at radius 1 is 1.20 bits per heavy atom. The Hall–Kier alpha value is -1.90.